The predicted molar refractivity (Wildman–Crippen MR) is 160 cm³/mol. The molecule has 0 bridgehead atoms. The highest BCUT2D eigenvalue weighted by atomic mass is 32.1. The highest BCUT2D eigenvalue weighted by Gasteiger charge is 2.42. The Bertz CT molecular complexity index is 1480. The van der Waals surface area contributed by atoms with Crippen molar-refractivity contribution in [1.82, 2.24) is 9.80 Å². The zero-order chi connectivity index (χ0) is 27.6. The molecule has 0 aromatic heterocycles. The molecule has 2 aliphatic heterocycles. The fourth-order valence-electron chi connectivity index (χ4n) is 5.42. The van der Waals surface area contributed by atoms with Gasteiger partial charge in [0.05, 0.1) is 23.8 Å². The Morgan fingerprint density at radius 2 is 1.20 bits per heavy atom. The van der Waals surface area contributed by atoms with Gasteiger partial charge in [0, 0.05) is 13.1 Å². The molecule has 2 heterocycles. The maximum atomic E-state index is 14.1. The number of urea groups is 1. The average molecular weight is 568 g/mol. The van der Waals surface area contributed by atoms with Crippen LogP contribution in [0.3, 0.4) is 0 Å². The number of amides is 3. The van der Waals surface area contributed by atoms with Gasteiger partial charge >= 0.3 is 12.0 Å². The fraction of sp³-hybridized carbons (Fsp3) is 0.156. The van der Waals surface area contributed by atoms with Crippen LogP contribution in [-0.2, 0) is 9.59 Å². The molecule has 0 saturated carbocycles. The van der Waals surface area contributed by atoms with Crippen LogP contribution in [0.2, 0.25) is 0 Å². The summed E-state index contributed by atoms with van der Waals surface area (Å²) in [6, 6.07) is 31.6. The van der Waals surface area contributed by atoms with Crippen molar-refractivity contribution in [2.45, 2.75) is 12.0 Å². The third kappa shape index (κ3) is 5.24. The SMILES string of the molecule is O=C(O)[C@@H]1CN(C(=O)N2c3ccccc3Oc3ccccc32)CCN1C(=O)C(c1ccccc1)c1ccccc1.S. The van der Waals surface area contributed by atoms with Crippen LogP contribution in [0.15, 0.2) is 109 Å². The topological polar surface area (TPSA) is 90.4 Å². The normalized spacial score (nSPS) is 15.7. The minimum absolute atomic E-state index is 0. The van der Waals surface area contributed by atoms with Crippen LogP contribution >= 0.6 is 13.5 Å². The molecule has 9 heteroatoms. The van der Waals surface area contributed by atoms with Crippen LogP contribution in [0.1, 0.15) is 17.0 Å². The van der Waals surface area contributed by atoms with Gasteiger partial charge in [-0.3, -0.25) is 9.69 Å². The number of hydrogen-bond donors (Lipinski definition) is 1. The molecule has 0 radical (unpaired) electrons. The number of carbonyl (C=O) groups excluding carboxylic acids is 2. The van der Waals surface area contributed by atoms with Gasteiger partial charge in [0.1, 0.15) is 6.04 Å². The van der Waals surface area contributed by atoms with E-state index in [1.54, 1.807) is 29.2 Å². The van der Waals surface area contributed by atoms with E-state index in [2.05, 4.69) is 0 Å². The Morgan fingerprint density at radius 1 is 0.707 bits per heavy atom. The van der Waals surface area contributed by atoms with Gasteiger partial charge in [-0.15, -0.1) is 0 Å². The molecule has 4 aromatic carbocycles. The Balaban J connectivity index is 0.00000337. The number of piperazine rings is 1. The van der Waals surface area contributed by atoms with E-state index in [-0.39, 0.29) is 45.1 Å². The molecule has 1 N–H and O–H groups in total. The van der Waals surface area contributed by atoms with Gasteiger partial charge in [0.25, 0.3) is 0 Å². The van der Waals surface area contributed by atoms with Crippen LogP contribution in [0.5, 0.6) is 11.5 Å². The van der Waals surface area contributed by atoms with Gasteiger partial charge in [-0.25, -0.2) is 9.59 Å². The van der Waals surface area contributed by atoms with Gasteiger partial charge in [-0.2, -0.15) is 13.5 Å². The summed E-state index contributed by atoms with van der Waals surface area (Å²) in [5, 5.41) is 10.2. The van der Waals surface area contributed by atoms with Crippen LogP contribution in [0, 0.1) is 0 Å². The Hall–Kier alpha value is -4.76. The van der Waals surface area contributed by atoms with E-state index in [4.69, 9.17) is 4.74 Å². The second-order valence-electron chi connectivity index (χ2n) is 9.74. The first kappa shape index (κ1) is 27.8. The minimum Gasteiger partial charge on any atom is -0.480 e. The molecule has 1 saturated heterocycles. The van der Waals surface area contributed by atoms with Crippen molar-refractivity contribution in [1.29, 1.82) is 0 Å². The lowest BCUT2D eigenvalue weighted by atomic mass is 9.89. The zero-order valence-electron chi connectivity index (χ0n) is 22.1. The molecular weight excluding hydrogens is 538 g/mol. The van der Waals surface area contributed by atoms with Crippen molar-refractivity contribution in [2.24, 2.45) is 0 Å². The van der Waals surface area contributed by atoms with E-state index >= 15 is 0 Å². The summed E-state index contributed by atoms with van der Waals surface area (Å²) in [5.41, 5.74) is 2.71. The van der Waals surface area contributed by atoms with Crippen molar-refractivity contribution < 1.29 is 24.2 Å². The molecule has 3 amide bonds. The summed E-state index contributed by atoms with van der Waals surface area (Å²) in [5.74, 6) is -1.06. The number of carboxylic acid groups (broad SMARTS) is 1. The van der Waals surface area contributed by atoms with Gasteiger partial charge in [-0.05, 0) is 35.4 Å². The average Bonchev–Trinajstić information content (AvgIpc) is 3.00. The summed E-state index contributed by atoms with van der Waals surface area (Å²) in [6.07, 6.45) is 0. The quantitative estimate of drug-likeness (QED) is 0.347. The summed E-state index contributed by atoms with van der Waals surface area (Å²) in [6.45, 7) is 0.135. The molecule has 0 spiro atoms. The lowest BCUT2D eigenvalue weighted by molar-refractivity contribution is -0.153. The highest BCUT2D eigenvalue weighted by Crippen LogP contribution is 2.46. The summed E-state index contributed by atoms with van der Waals surface area (Å²) in [7, 11) is 0. The van der Waals surface area contributed by atoms with Crippen LogP contribution in [0.4, 0.5) is 16.2 Å². The van der Waals surface area contributed by atoms with Gasteiger partial charge < -0.3 is 19.6 Å². The van der Waals surface area contributed by atoms with Crippen LogP contribution in [0.25, 0.3) is 0 Å². The summed E-state index contributed by atoms with van der Waals surface area (Å²) < 4.78 is 6.00. The van der Waals surface area contributed by atoms with Crippen molar-refractivity contribution in [3.63, 3.8) is 0 Å². The first-order valence-electron chi connectivity index (χ1n) is 13.1. The molecular formula is C32H29N3O5S. The van der Waals surface area contributed by atoms with Crippen molar-refractivity contribution in [2.75, 3.05) is 24.5 Å². The second-order valence-corrected chi connectivity index (χ2v) is 9.74. The third-order valence-corrected chi connectivity index (χ3v) is 7.36. The molecule has 1 atom stereocenters. The largest absolute Gasteiger partial charge is 0.480 e. The zero-order valence-corrected chi connectivity index (χ0v) is 23.1. The molecule has 0 aliphatic carbocycles. The molecule has 208 valence electrons. The Kier molecular flexibility index (Phi) is 7.98. The highest BCUT2D eigenvalue weighted by molar-refractivity contribution is 7.59. The third-order valence-electron chi connectivity index (χ3n) is 7.36. The molecule has 0 unspecified atom stereocenters. The van der Waals surface area contributed by atoms with Crippen LogP contribution in [-0.4, -0.2) is 58.5 Å². The smallest absolute Gasteiger partial charge is 0.329 e. The van der Waals surface area contributed by atoms with Crippen molar-refractivity contribution in [3.05, 3.63) is 120 Å². The maximum Gasteiger partial charge on any atom is 0.329 e. The molecule has 8 nitrogen and oxygen atoms in total. The fourth-order valence-corrected chi connectivity index (χ4v) is 5.42. The summed E-state index contributed by atoms with van der Waals surface area (Å²) >= 11 is 0. The number of aliphatic carboxylic acids is 1. The van der Waals surface area contributed by atoms with E-state index in [0.29, 0.717) is 22.9 Å². The lowest BCUT2D eigenvalue weighted by Gasteiger charge is -2.43. The first-order chi connectivity index (χ1) is 19.5. The second kappa shape index (κ2) is 11.8. The number of fused-ring (bicyclic) bond motifs is 2. The number of hydrogen-bond acceptors (Lipinski definition) is 4. The van der Waals surface area contributed by atoms with E-state index in [9.17, 15) is 19.5 Å². The Labute approximate surface area is 244 Å². The number of nitrogens with zero attached hydrogens (tertiary/aromatic N) is 3. The van der Waals surface area contributed by atoms with E-state index < -0.39 is 17.9 Å². The van der Waals surface area contributed by atoms with Crippen molar-refractivity contribution >= 4 is 42.8 Å². The molecule has 2 aliphatic rings. The van der Waals surface area contributed by atoms with Gasteiger partial charge in [0.15, 0.2) is 11.5 Å². The van der Waals surface area contributed by atoms with E-state index in [0.717, 1.165) is 11.1 Å². The molecule has 1 fully saturated rings. The van der Waals surface area contributed by atoms with Gasteiger partial charge in [0.2, 0.25) is 5.91 Å². The number of carboxylic acids is 1. The number of ether oxygens (including phenoxy) is 1. The number of rotatable bonds is 4. The number of para-hydroxylation sites is 4. The van der Waals surface area contributed by atoms with E-state index in [1.807, 2.05) is 84.9 Å². The molecule has 41 heavy (non-hydrogen) atoms. The van der Waals surface area contributed by atoms with Gasteiger partial charge in [-0.1, -0.05) is 84.9 Å². The lowest BCUT2D eigenvalue weighted by Crippen LogP contribution is -2.61. The number of anilines is 2. The number of carbonyl (C=O) groups is 3. The minimum atomic E-state index is -1.20. The van der Waals surface area contributed by atoms with Crippen molar-refractivity contribution in [3.8, 4) is 11.5 Å². The molecule has 4 aromatic rings. The maximum absolute atomic E-state index is 14.1. The Morgan fingerprint density at radius 3 is 1.71 bits per heavy atom. The standard InChI is InChI=1S/C32H27N3O5.H2S/c36-30(29(22-11-3-1-4-12-22)23-13-5-2-6-14-23)34-20-19-33(21-26(34)31(37)38)32(39)35-24-15-7-9-17-27(24)40-28-18-10-8-16-25(28)35;/h1-18,26,29H,19-21H2,(H,37,38);1H2/t26-;/m0./s1. The van der Waals surface area contributed by atoms with E-state index in [1.165, 1.54) is 9.80 Å². The monoisotopic (exact) mass is 567 g/mol. The molecule has 6 rings (SSSR count). The first-order valence-corrected chi connectivity index (χ1v) is 13.1. The predicted octanol–water partition coefficient (Wildman–Crippen LogP) is 5.59. The van der Waals surface area contributed by atoms with Crippen LogP contribution < -0.4 is 9.64 Å². The number of benzene rings is 4. The summed E-state index contributed by atoms with van der Waals surface area (Å²) in [4.78, 5) is 45.1.